The molecule has 0 spiro atoms. The maximum atomic E-state index is 15.1. The van der Waals surface area contributed by atoms with Crippen molar-refractivity contribution in [3.8, 4) is 21.6 Å². The van der Waals surface area contributed by atoms with Gasteiger partial charge < -0.3 is 0 Å². The Kier molecular flexibility index (Phi) is 7.30. The van der Waals surface area contributed by atoms with E-state index in [4.69, 9.17) is 0 Å². The van der Waals surface area contributed by atoms with Gasteiger partial charge in [-0.25, -0.2) is 4.39 Å². The molecule has 2 saturated carbocycles. The second kappa shape index (κ2) is 10.6. The van der Waals surface area contributed by atoms with Crippen LogP contribution in [0, 0.1) is 17.7 Å². The molecule has 1 heterocycles. The third-order valence-electron chi connectivity index (χ3n) is 8.11. The summed E-state index contributed by atoms with van der Waals surface area (Å²) in [7, 11) is 0. The van der Waals surface area contributed by atoms with Crippen LogP contribution >= 0.6 is 11.3 Å². The first-order chi connectivity index (χ1) is 16.2. The molecule has 0 amide bonds. The minimum absolute atomic E-state index is 0.112. The molecule has 1 aromatic heterocycles. The second-order valence-corrected chi connectivity index (χ2v) is 11.6. The molecule has 0 bridgehead atoms. The highest BCUT2D eigenvalue weighted by Gasteiger charge is 2.24. The Bertz CT molecular complexity index is 1040. The van der Waals surface area contributed by atoms with Gasteiger partial charge in [-0.15, -0.1) is 11.3 Å². The molecule has 33 heavy (non-hydrogen) atoms. The normalized spacial score (nSPS) is 21.2. The van der Waals surface area contributed by atoms with Gasteiger partial charge in [-0.1, -0.05) is 75.8 Å². The molecule has 0 nitrogen and oxygen atoms in total. The van der Waals surface area contributed by atoms with Crippen LogP contribution < -0.4 is 0 Å². The monoisotopic (exact) mass is 460 g/mol. The lowest BCUT2D eigenvalue weighted by Crippen LogP contribution is -1.98. The third-order valence-corrected chi connectivity index (χ3v) is 9.29. The summed E-state index contributed by atoms with van der Waals surface area (Å²) in [4.78, 5) is 2.45. The van der Waals surface area contributed by atoms with Gasteiger partial charge in [-0.2, -0.15) is 0 Å². The van der Waals surface area contributed by atoms with Crippen LogP contribution in [0.4, 0.5) is 4.39 Å². The predicted molar refractivity (Wildman–Crippen MR) is 140 cm³/mol. The van der Waals surface area contributed by atoms with Crippen molar-refractivity contribution in [3.63, 3.8) is 0 Å². The number of aryl methyl sites for hydroxylation is 1. The fourth-order valence-electron chi connectivity index (χ4n) is 6.22. The van der Waals surface area contributed by atoms with Crippen LogP contribution in [0.25, 0.3) is 21.6 Å². The van der Waals surface area contributed by atoms with Gasteiger partial charge in [0.1, 0.15) is 5.82 Å². The molecule has 2 aliphatic carbocycles. The summed E-state index contributed by atoms with van der Waals surface area (Å²) in [5.41, 5.74) is 4.25. The lowest BCUT2D eigenvalue weighted by Gasteiger charge is -2.11. The highest BCUT2D eigenvalue weighted by Crippen LogP contribution is 2.39. The number of halogens is 1. The first-order valence-corrected chi connectivity index (χ1v) is 14.0. The Labute approximate surface area is 203 Å². The van der Waals surface area contributed by atoms with Crippen molar-refractivity contribution in [1.29, 1.82) is 0 Å². The molecule has 2 heteroatoms. The Morgan fingerprint density at radius 3 is 2.27 bits per heavy atom. The van der Waals surface area contributed by atoms with Gasteiger partial charge in [-0.05, 0) is 90.8 Å². The Morgan fingerprint density at radius 1 is 0.818 bits per heavy atom. The fraction of sp³-hybridized carbons (Fsp3) is 0.484. The highest BCUT2D eigenvalue weighted by molar-refractivity contribution is 7.15. The zero-order valence-corrected chi connectivity index (χ0v) is 20.8. The first-order valence-electron chi connectivity index (χ1n) is 13.2. The topological polar surface area (TPSA) is 0 Å². The maximum Gasteiger partial charge on any atom is 0.132 e. The van der Waals surface area contributed by atoms with E-state index < -0.39 is 0 Å². The summed E-state index contributed by atoms with van der Waals surface area (Å²) in [6, 6.07) is 18.9. The number of benzene rings is 2. The van der Waals surface area contributed by atoms with Crippen LogP contribution in [-0.4, -0.2) is 0 Å². The summed E-state index contributed by atoms with van der Waals surface area (Å²) in [6.07, 6.45) is 14.7. The van der Waals surface area contributed by atoms with E-state index >= 15 is 4.39 Å². The van der Waals surface area contributed by atoms with E-state index in [1.165, 1.54) is 74.6 Å². The molecule has 3 aromatic rings. The van der Waals surface area contributed by atoms with E-state index in [0.717, 1.165) is 45.7 Å². The largest absolute Gasteiger partial charge is 0.206 e. The molecule has 2 fully saturated rings. The Balaban J connectivity index is 1.22. The number of rotatable bonds is 8. The van der Waals surface area contributed by atoms with Gasteiger partial charge in [-0.3, -0.25) is 0 Å². The van der Waals surface area contributed by atoms with Crippen molar-refractivity contribution in [2.24, 2.45) is 11.8 Å². The highest BCUT2D eigenvalue weighted by atomic mass is 32.1. The lowest BCUT2D eigenvalue weighted by molar-refractivity contribution is 0.444. The average Bonchev–Trinajstić information content (AvgIpc) is 3.60. The minimum atomic E-state index is -0.112. The Hall–Kier alpha value is -1.93. The summed E-state index contributed by atoms with van der Waals surface area (Å²) < 4.78 is 15.1. The molecular weight excluding hydrogens is 423 g/mol. The van der Waals surface area contributed by atoms with Crippen LogP contribution in [0.1, 0.15) is 87.5 Å². The van der Waals surface area contributed by atoms with Crippen LogP contribution in [-0.2, 0) is 6.42 Å². The molecule has 2 unspecified atom stereocenters. The van der Waals surface area contributed by atoms with Crippen LogP contribution in [0.5, 0.6) is 0 Å². The molecule has 2 aromatic carbocycles. The third kappa shape index (κ3) is 5.43. The summed E-state index contributed by atoms with van der Waals surface area (Å²) in [5, 5.41) is 0. The number of thiophene rings is 1. The zero-order chi connectivity index (χ0) is 22.6. The lowest BCUT2D eigenvalue weighted by atomic mass is 9.95. The quantitative estimate of drug-likeness (QED) is 0.314. The van der Waals surface area contributed by atoms with Gasteiger partial charge >= 0.3 is 0 Å². The van der Waals surface area contributed by atoms with Crippen molar-refractivity contribution in [3.05, 3.63) is 70.9 Å². The van der Waals surface area contributed by atoms with Crippen molar-refractivity contribution in [1.82, 2.24) is 0 Å². The van der Waals surface area contributed by atoms with E-state index in [0.29, 0.717) is 0 Å². The molecular formula is C31H37FS. The smallest absolute Gasteiger partial charge is 0.132 e. The van der Waals surface area contributed by atoms with E-state index in [-0.39, 0.29) is 5.82 Å². The first kappa shape index (κ1) is 22.8. The molecule has 174 valence electrons. The van der Waals surface area contributed by atoms with Crippen molar-refractivity contribution < 1.29 is 4.39 Å². The van der Waals surface area contributed by atoms with Crippen molar-refractivity contribution in [2.75, 3.05) is 0 Å². The molecule has 2 aliphatic rings. The zero-order valence-electron chi connectivity index (χ0n) is 20.0. The van der Waals surface area contributed by atoms with Crippen LogP contribution in [0.15, 0.2) is 54.6 Å². The number of hydrogen-bond acceptors (Lipinski definition) is 1. The van der Waals surface area contributed by atoms with E-state index in [1.54, 1.807) is 17.4 Å². The van der Waals surface area contributed by atoms with Crippen molar-refractivity contribution >= 4 is 11.3 Å². The molecule has 0 N–H and O–H groups in total. The van der Waals surface area contributed by atoms with E-state index in [9.17, 15) is 0 Å². The van der Waals surface area contributed by atoms with Gasteiger partial charge in [0, 0.05) is 15.3 Å². The summed E-state index contributed by atoms with van der Waals surface area (Å²) >= 11 is 1.77. The van der Waals surface area contributed by atoms with Gasteiger partial charge in [0.2, 0.25) is 0 Å². The SMILES string of the molecule is CCCC1CCC(CCc2ccc(-c3ccc(-c4ccc(C5CCCC5)cc4)cc3F)s2)C1. The van der Waals surface area contributed by atoms with E-state index in [1.807, 2.05) is 6.07 Å². The second-order valence-electron chi connectivity index (χ2n) is 10.4. The minimum Gasteiger partial charge on any atom is -0.206 e. The van der Waals surface area contributed by atoms with E-state index in [2.05, 4.69) is 49.4 Å². The van der Waals surface area contributed by atoms with Gasteiger partial charge in [0.25, 0.3) is 0 Å². The number of hydrogen-bond donors (Lipinski definition) is 0. The maximum absolute atomic E-state index is 15.1. The van der Waals surface area contributed by atoms with Crippen molar-refractivity contribution in [2.45, 2.75) is 83.5 Å². The Morgan fingerprint density at radius 2 is 1.55 bits per heavy atom. The van der Waals surface area contributed by atoms with Gasteiger partial charge in [0.05, 0.1) is 0 Å². The molecule has 0 aliphatic heterocycles. The fourth-order valence-corrected chi connectivity index (χ4v) is 7.27. The average molecular weight is 461 g/mol. The molecule has 2 atom stereocenters. The standard InChI is InChI=1S/C31H37FS/c1-2-5-22-8-9-23(20-22)10-16-28-17-19-31(33-28)29-18-15-27(21-30(29)32)26-13-11-25(12-14-26)24-6-3-4-7-24/h11-15,17-19,21-24H,2-10,16,20H2,1H3. The predicted octanol–water partition coefficient (Wildman–Crippen LogP) is 10.0. The summed E-state index contributed by atoms with van der Waals surface area (Å²) in [6.45, 7) is 2.30. The molecule has 0 saturated heterocycles. The van der Waals surface area contributed by atoms with Gasteiger partial charge in [0.15, 0.2) is 0 Å². The summed E-state index contributed by atoms with van der Waals surface area (Å²) in [5.74, 6) is 2.46. The van der Waals surface area contributed by atoms with Crippen LogP contribution in [0.3, 0.4) is 0 Å². The molecule has 0 radical (unpaired) electrons. The van der Waals surface area contributed by atoms with Crippen LogP contribution in [0.2, 0.25) is 0 Å². The molecule has 5 rings (SSSR count).